The molecule has 0 saturated heterocycles. The normalized spacial score (nSPS) is 11.7. The summed E-state index contributed by atoms with van der Waals surface area (Å²) in [5, 5.41) is 4.01. The number of primary amides is 1. The molecule has 0 aliphatic heterocycles. The highest BCUT2D eigenvalue weighted by atomic mass is 32.2. The van der Waals surface area contributed by atoms with Gasteiger partial charge in [0.25, 0.3) is 0 Å². The van der Waals surface area contributed by atoms with Crippen LogP contribution in [0.2, 0.25) is 0 Å². The van der Waals surface area contributed by atoms with Crippen molar-refractivity contribution >= 4 is 15.9 Å². The fraction of sp³-hybridized carbons (Fsp3) is 0.167. The lowest BCUT2D eigenvalue weighted by molar-refractivity contribution is -0.118. The molecule has 2 rings (SSSR count). The molecule has 0 radical (unpaired) electrons. The molecule has 2 N–H and O–H groups in total. The van der Waals surface area contributed by atoms with Gasteiger partial charge in [-0.1, -0.05) is 18.2 Å². The fourth-order valence-electron chi connectivity index (χ4n) is 1.65. The number of amides is 1. The maximum Gasteiger partial charge on any atom is 0.246 e. The first kappa shape index (κ1) is 14.2. The highest BCUT2D eigenvalue weighted by Crippen LogP contribution is 2.15. The summed E-state index contributed by atoms with van der Waals surface area (Å²) in [6.07, 6.45) is 2.63. The summed E-state index contributed by atoms with van der Waals surface area (Å²) in [7, 11) is -2.48. The van der Waals surface area contributed by atoms with Crippen LogP contribution in [0.5, 0.6) is 0 Å². The van der Waals surface area contributed by atoms with Crippen LogP contribution in [0.3, 0.4) is 0 Å². The van der Waals surface area contributed by atoms with E-state index in [0.29, 0.717) is 0 Å². The van der Waals surface area contributed by atoms with Gasteiger partial charge in [-0.25, -0.2) is 13.1 Å². The Balaban J connectivity index is 2.31. The molecule has 1 amide bonds. The van der Waals surface area contributed by atoms with E-state index < -0.39 is 15.9 Å². The third kappa shape index (κ3) is 2.86. The number of carbonyl (C=O) groups excluding carboxylic acids is 1. The van der Waals surface area contributed by atoms with Crippen LogP contribution >= 0.6 is 0 Å². The molecule has 0 bridgehead atoms. The van der Waals surface area contributed by atoms with Crippen LogP contribution in [0.1, 0.15) is 0 Å². The maximum atomic E-state index is 12.2. The van der Waals surface area contributed by atoms with Gasteiger partial charge < -0.3 is 5.73 Å². The molecule has 0 aliphatic rings. The summed E-state index contributed by atoms with van der Waals surface area (Å²) < 4.78 is 26.7. The van der Waals surface area contributed by atoms with Gasteiger partial charge in [-0.2, -0.15) is 9.40 Å². The number of benzene rings is 1. The standard InChI is InChI=1S/C12H14N4O3S/c1-15(9-12(13)17)20(18,19)11-7-14-16(8-11)10-5-3-2-4-6-10/h2-8H,9H2,1H3,(H2,13,17). The summed E-state index contributed by atoms with van der Waals surface area (Å²) in [6, 6.07) is 9.10. The molecule has 2 aromatic rings. The van der Waals surface area contributed by atoms with Gasteiger partial charge in [-0.15, -0.1) is 0 Å². The number of sulfonamides is 1. The Labute approximate surface area is 116 Å². The monoisotopic (exact) mass is 294 g/mol. The quantitative estimate of drug-likeness (QED) is 0.837. The number of carbonyl (C=O) groups is 1. The SMILES string of the molecule is CN(CC(N)=O)S(=O)(=O)c1cnn(-c2ccccc2)c1. The molecule has 0 atom stereocenters. The third-order valence-electron chi connectivity index (χ3n) is 2.67. The van der Waals surface area contributed by atoms with Crippen LogP contribution in [-0.2, 0) is 14.8 Å². The first-order chi connectivity index (χ1) is 9.41. The molecule has 1 heterocycles. The van der Waals surface area contributed by atoms with Gasteiger partial charge in [0.05, 0.1) is 24.6 Å². The number of nitrogens with zero attached hydrogens (tertiary/aromatic N) is 3. The molecule has 106 valence electrons. The molecule has 0 aliphatic carbocycles. The first-order valence-electron chi connectivity index (χ1n) is 5.76. The van der Waals surface area contributed by atoms with Gasteiger partial charge in [-0.3, -0.25) is 4.79 Å². The second-order valence-electron chi connectivity index (χ2n) is 4.18. The van der Waals surface area contributed by atoms with Crippen LogP contribution in [0.15, 0.2) is 47.6 Å². The van der Waals surface area contributed by atoms with Gasteiger partial charge in [0.15, 0.2) is 0 Å². The average Bonchev–Trinajstić information content (AvgIpc) is 2.89. The Morgan fingerprint density at radius 3 is 2.60 bits per heavy atom. The van der Waals surface area contributed by atoms with E-state index in [1.165, 1.54) is 24.1 Å². The predicted octanol–water partition coefficient (Wildman–Crippen LogP) is -0.0219. The van der Waals surface area contributed by atoms with Crippen molar-refractivity contribution in [2.45, 2.75) is 4.90 Å². The lowest BCUT2D eigenvalue weighted by Gasteiger charge is -2.13. The largest absolute Gasteiger partial charge is 0.369 e. The number of likely N-dealkylation sites (N-methyl/N-ethyl adjacent to an activating group) is 1. The van der Waals surface area contributed by atoms with E-state index in [1.54, 1.807) is 12.1 Å². The van der Waals surface area contributed by atoms with Gasteiger partial charge >= 0.3 is 0 Å². The molecule has 0 unspecified atom stereocenters. The summed E-state index contributed by atoms with van der Waals surface area (Å²) in [5.41, 5.74) is 5.74. The van der Waals surface area contributed by atoms with E-state index in [0.717, 1.165) is 9.99 Å². The third-order valence-corrected chi connectivity index (χ3v) is 4.42. The Kier molecular flexibility index (Phi) is 3.86. The van der Waals surface area contributed by atoms with Gasteiger partial charge in [0, 0.05) is 7.05 Å². The van der Waals surface area contributed by atoms with Crippen LogP contribution in [0, 0.1) is 0 Å². The van der Waals surface area contributed by atoms with Crippen molar-refractivity contribution in [1.82, 2.24) is 14.1 Å². The zero-order valence-electron chi connectivity index (χ0n) is 10.8. The summed E-state index contributed by atoms with van der Waals surface area (Å²) >= 11 is 0. The maximum absolute atomic E-state index is 12.2. The van der Waals surface area contributed by atoms with E-state index in [4.69, 9.17) is 5.73 Å². The Hall–Kier alpha value is -2.19. The van der Waals surface area contributed by atoms with Crippen molar-refractivity contribution in [3.05, 3.63) is 42.7 Å². The molecular formula is C12H14N4O3S. The second kappa shape index (κ2) is 5.43. The van der Waals surface area contributed by atoms with Crippen LogP contribution in [0.4, 0.5) is 0 Å². The van der Waals surface area contributed by atoms with Gasteiger partial charge in [0.2, 0.25) is 15.9 Å². The molecule has 1 aromatic carbocycles. The summed E-state index contributed by atoms with van der Waals surface area (Å²) in [5.74, 6) is -0.716. The molecule has 20 heavy (non-hydrogen) atoms. The van der Waals surface area contributed by atoms with Gasteiger partial charge in [0.1, 0.15) is 4.90 Å². The van der Waals surface area contributed by atoms with Crippen molar-refractivity contribution in [2.75, 3.05) is 13.6 Å². The van der Waals surface area contributed by atoms with E-state index >= 15 is 0 Å². The first-order valence-corrected chi connectivity index (χ1v) is 7.20. The highest BCUT2D eigenvalue weighted by Gasteiger charge is 2.23. The minimum Gasteiger partial charge on any atom is -0.369 e. The minimum atomic E-state index is -3.77. The minimum absolute atomic E-state index is 0.00473. The van der Waals surface area contributed by atoms with E-state index in [2.05, 4.69) is 5.10 Å². The van der Waals surface area contributed by atoms with Crippen molar-refractivity contribution in [2.24, 2.45) is 5.73 Å². The van der Waals surface area contributed by atoms with E-state index in [9.17, 15) is 13.2 Å². The summed E-state index contributed by atoms with van der Waals surface area (Å²) in [6.45, 7) is -0.376. The number of rotatable bonds is 5. The van der Waals surface area contributed by atoms with Crippen molar-refractivity contribution in [3.63, 3.8) is 0 Å². The number of hydrogen-bond donors (Lipinski definition) is 1. The number of aromatic nitrogens is 2. The molecule has 1 aromatic heterocycles. The molecule has 8 heteroatoms. The molecular weight excluding hydrogens is 280 g/mol. The molecule has 7 nitrogen and oxygen atoms in total. The van der Waals surface area contributed by atoms with Crippen molar-refractivity contribution in [1.29, 1.82) is 0 Å². The van der Waals surface area contributed by atoms with Crippen LogP contribution in [-0.4, -0.2) is 42.0 Å². The zero-order chi connectivity index (χ0) is 14.8. The number of nitrogens with two attached hydrogens (primary N) is 1. The Morgan fingerprint density at radius 2 is 2.00 bits per heavy atom. The molecule has 0 spiro atoms. The molecule has 0 saturated carbocycles. The van der Waals surface area contributed by atoms with E-state index in [1.807, 2.05) is 18.2 Å². The lowest BCUT2D eigenvalue weighted by Crippen LogP contribution is -2.35. The van der Waals surface area contributed by atoms with Crippen LogP contribution in [0.25, 0.3) is 5.69 Å². The Morgan fingerprint density at radius 1 is 1.35 bits per heavy atom. The second-order valence-corrected chi connectivity index (χ2v) is 6.23. The zero-order valence-corrected chi connectivity index (χ0v) is 11.6. The average molecular weight is 294 g/mol. The smallest absolute Gasteiger partial charge is 0.246 e. The topological polar surface area (TPSA) is 98.3 Å². The van der Waals surface area contributed by atoms with Crippen molar-refractivity contribution in [3.8, 4) is 5.69 Å². The fourth-order valence-corrected chi connectivity index (χ4v) is 2.72. The lowest BCUT2D eigenvalue weighted by atomic mass is 10.3. The summed E-state index contributed by atoms with van der Waals surface area (Å²) in [4.78, 5) is 10.8. The Bertz CT molecular complexity index is 709. The van der Waals surface area contributed by atoms with E-state index in [-0.39, 0.29) is 11.4 Å². The number of para-hydroxylation sites is 1. The predicted molar refractivity (Wildman–Crippen MR) is 72.6 cm³/mol. The number of hydrogen-bond acceptors (Lipinski definition) is 4. The highest BCUT2D eigenvalue weighted by molar-refractivity contribution is 7.89. The van der Waals surface area contributed by atoms with Crippen LogP contribution < -0.4 is 5.73 Å². The van der Waals surface area contributed by atoms with Crippen molar-refractivity contribution < 1.29 is 13.2 Å². The van der Waals surface area contributed by atoms with Gasteiger partial charge in [-0.05, 0) is 12.1 Å². The molecule has 0 fully saturated rings.